The minimum Gasteiger partial charge on any atom is -0.455 e. The van der Waals surface area contributed by atoms with Crippen molar-refractivity contribution in [3.05, 3.63) is 194 Å². The summed E-state index contributed by atoms with van der Waals surface area (Å²) in [6.45, 7) is 0. The Kier molecular flexibility index (Phi) is 7.42. The highest BCUT2D eigenvalue weighted by Crippen LogP contribution is 2.44. The van der Waals surface area contributed by atoms with E-state index in [0.29, 0.717) is 17.5 Å². The second-order valence-corrected chi connectivity index (χ2v) is 14.0. The number of hydrogen-bond donors (Lipinski definition) is 0. The molecule has 262 valence electrons. The van der Waals surface area contributed by atoms with Crippen LogP contribution in [0.2, 0.25) is 0 Å². The van der Waals surface area contributed by atoms with Crippen LogP contribution < -0.4 is 0 Å². The Morgan fingerprint density at radius 1 is 0.357 bits per heavy atom. The number of fused-ring (bicyclic) bond motifs is 6. The Hall–Kier alpha value is -7.63. The van der Waals surface area contributed by atoms with E-state index in [1.165, 1.54) is 10.8 Å². The van der Waals surface area contributed by atoms with E-state index in [0.717, 1.165) is 77.6 Å². The van der Waals surface area contributed by atoms with Gasteiger partial charge in [0.25, 0.3) is 0 Å². The summed E-state index contributed by atoms with van der Waals surface area (Å²) in [6, 6.07) is 67.4. The Labute approximate surface area is 322 Å². The standard InChI is InChI=1S/C51H32N4O/c1-4-16-33(17-5-1)42-32-36(51-53-49(34-18-6-2-7-19-34)52-50(54-51)35-20-8-3-9-21-35)30-31-44(42)55-43-27-12-10-23-41(43)47-38(24-15-28-45(47)55)40-26-14-25-39-37-22-11-13-29-46(37)56-48(39)40/h1-32H. The monoisotopic (exact) mass is 716 g/mol. The fraction of sp³-hybridized carbons (Fsp3) is 0. The van der Waals surface area contributed by atoms with Gasteiger partial charge in [-0.25, -0.2) is 15.0 Å². The number of hydrogen-bond acceptors (Lipinski definition) is 4. The number of rotatable bonds is 6. The van der Waals surface area contributed by atoms with Gasteiger partial charge in [0, 0.05) is 49.4 Å². The van der Waals surface area contributed by atoms with Gasteiger partial charge in [-0.2, -0.15) is 0 Å². The maximum absolute atomic E-state index is 6.57. The van der Waals surface area contributed by atoms with E-state index in [1.54, 1.807) is 0 Å². The van der Waals surface area contributed by atoms with Crippen LogP contribution in [0.1, 0.15) is 0 Å². The van der Waals surface area contributed by atoms with Crippen molar-refractivity contribution in [1.29, 1.82) is 0 Å². The molecule has 11 aromatic rings. The van der Waals surface area contributed by atoms with Crippen LogP contribution in [-0.2, 0) is 0 Å². The normalized spacial score (nSPS) is 11.6. The fourth-order valence-corrected chi connectivity index (χ4v) is 8.12. The molecule has 0 saturated heterocycles. The van der Waals surface area contributed by atoms with Gasteiger partial charge < -0.3 is 8.98 Å². The molecule has 8 aromatic carbocycles. The van der Waals surface area contributed by atoms with Crippen molar-refractivity contribution in [3.8, 4) is 62.1 Å². The molecule has 5 heteroatoms. The molecule has 0 fully saturated rings. The molecule has 0 aliphatic heterocycles. The zero-order chi connectivity index (χ0) is 37.0. The Bertz CT molecular complexity index is 3180. The van der Waals surface area contributed by atoms with Crippen molar-refractivity contribution in [2.45, 2.75) is 0 Å². The van der Waals surface area contributed by atoms with Gasteiger partial charge in [0.2, 0.25) is 0 Å². The quantitative estimate of drug-likeness (QED) is 0.172. The fourth-order valence-electron chi connectivity index (χ4n) is 8.12. The molecule has 0 bridgehead atoms. The molecule has 0 saturated carbocycles. The molecule has 0 N–H and O–H groups in total. The third-order valence-corrected chi connectivity index (χ3v) is 10.7. The van der Waals surface area contributed by atoms with Gasteiger partial charge in [-0.05, 0) is 47.5 Å². The zero-order valence-corrected chi connectivity index (χ0v) is 30.2. The van der Waals surface area contributed by atoms with Crippen molar-refractivity contribution in [2.75, 3.05) is 0 Å². The van der Waals surface area contributed by atoms with E-state index >= 15 is 0 Å². The van der Waals surface area contributed by atoms with Crippen molar-refractivity contribution < 1.29 is 4.42 Å². The molecule has 5 nitrogen and oxygen atoms in total. The Morgan fingerprint density at radius 2 is 0.893 bits per heavy atom. The Balaban J connectivity index is 1.16. The van der Waals surface area contributed by atoms with Crippen LogP contribution in [0.15, 0.2) is 199 Å². The first-order valence-corrected chi connectivity index (χ1v) is 18.8. The topological polar surface area (TPSA) is 56.7 Å². The first kappa shape index (κ1) is 31.9. The van der Waals surface area contributed by atoms with E-state index < -0.39 is 0 Å². The molecule has 0 atom stereocenters. The molecule has 3 heterocycles. The van der Waals surface area contributed by atoms with Gasteiger partial charge in [0.1, 0.15) is 11.2 Å². The second-order valence-electron chi connectivity index (χ2n) is 14.0. The SMILES string of the molecule is c1ccc(-c2nc(-c3ccccc3)nc(-c3ccc(-n4c5ccccc5c5c(-c6cccc7c6oc6ccccc67)cccc54)c(-c4ccccc4)c3)n2)cc1. The van der Waals surface area contributed by atoms with Gasteiger partial charge in [0.15, 0.2) is 17.5 Å². The largest absolute Gasteiger partial charge is 0.455 e. The van der Waals surface area contributed by atoms with Crippen LogP contribution in [-0.4, -0.2) is 19.5 Å². The van der Waals surface area contributed by atoms with Crippen LogP contribution in [0, 0.1) is 0 Å². The minimum absolute atomic E-state index is 0.616. The lowest BCUT2D eigenvalue weighted by molar-refractivity contribution is 0.670. The van der Waals surface area contributed by atoms with Crippen molar-refractivity contribution in [1.82, 2.24) is 19.5 Å². The minimum atomic E-state index is 0.616. The molecular weight excluding hydrogens is 685 g/mol. The lowest BCUT2D eigenvalue weighted by atomic mass is 9.97. The van der Waals surface area contributed by atoms with Crippen molar-refractivity contribution >= 4 is 43.7 Å². The van der Waals surface area contributed by atoms with Gasteiger partial charge in [-0.3, -0.25) is 0 Å². The molecule has 0 aliphatic carbocycles. The van der Waals surface area contributed by atoms with Gasteiger partial charge in [-0.1, -0.05) is 158 Å². The maximum atomic E-state index is 6.57. The highest BCUT2D eigenvalue weighted by molar-refractivity contribution is 6.19. The van der Waals surface area contributed by atoms with E-state index in [1.807, 2.05) is 72.8 Å². The third-order valence-electron chi connectivity index (χ3n) is 10.7. The third kappa shape index (κ3) is 5.21. The van der Waals surface area contributed by atoms with Gasteiger partial charge >= 0.3 is 0 Å². The molecule has 0 amide bonds. The average Bonchev–Trinajstić information content (AvgIpc) is 3.83. The molecule has 11 rings (SSSR count). The number of para-hydroxylation sites is 3. The summed E-state index contributed by atoms with van der Waals surface area (Å²) in [5.41, 5.74) is 12.2. The van der Waals surface area contributed by atoms with Crippen LogP contribution in [0.25, 0.3) is 106 Å². The number of aromatic nitrogens is 4. The predicted octanol–water partition coefficient (Wildman–Crippen LogP) is 13.2. The van der Waals surface area contributed by atoms with Crippen molar-refractivity contribution in [3.63, 3.8) is 0 Å². The molecular formula is C51H32N4O. The molecule has 0 radical (unpaired) electrons. The lowest BCUT2D eigenvalue weighted by Gasteiger charge is -2.16. The van der Waals surface area contributed by atoms with E-state index in [-0.39, 0.29) is 0 Å². The number of furan rings is 1. The van der Waals surface area contributed by atoms with Crippen LogP contribution in [0.5, 0.6) is 0 Å². The van der Waals surface area contributed by atoms with Crippen LogP contribution in [0.4, 0.5) is 0 Å². The lowest BCUT2D eigenvalue weighted by Crippen LogP contribution is -2.02. The smallest absolute Gasteiger partial charge is 0.164 e. The summed E-state index contributed by atoms with van der Waals surface area (Å²) in [5, 5.41) is 4.59. The first-order chi connectivity index (χ1) is 27.8. The highest BCUT2D eigenvalue weighted by atomic mass is 16.3. The number of benzene rings is 8. The zero-order valence-electron chi connectivity index (χ0n) is 30.2. The highest BCUT2D eigenvalue weighted by Gasteiger charge is 2.22. The summed E-state index contributed by atoms with van der Waals surface area (Å²) in [5.74, 6) is 1.88. The maximum Gasteiger partial charge on any atom is 0.164 e. The molecule has 0 unspecified atom stereocenters. The summed E-state index contributed by atoms with van der Waals surface area (Å²) < 4.78 is 8.97. The Morgan fingerprint density at radius 3 is 1.61 bits per heavy atom. The van der Waals surface area contributed by atoms with Gasteiger partial charge in [0.05, 0.1) is 16.7 Å². The molecule has 56 heavy (non-hydrogen) atoms. The first-order valence-electron chi connectivity index (χ1n) is 18.8. The predicted molar refractivity (Wildman–Crippen MR) is 229 cm³/mol. The second kappa shape index (κ2) is 13.0. The molecule has 0 aliphatic rings. The number of nitrogens with zero attached hydrogens (tertiary/aromatic N) is 4. The molecule has 0 spiro atoms. The summed E-state index contributed by atoms with van der Waals surface area (Å²) in [4.78, 5) is 15.1. The van der Waals surface area contributed by atoms with E-state index in [4.69, 9.17) is 19.4 Å². The van der Waals surface area contributed by atoms with E-state index in [2.05, 4.69) is 126 Å². The summed E-state index contributed by atoms with van der Waals surface area (Å²) >= 11 is 0. The van der Waals surface area contributed by atoms with E-state index in [9.17, 15) is 0 Å². The van der Waals surface area contributed by atoms with Crippen LogP contribution >= 0.6 is 0 Å². The van der Waals surface area contributed by atoms with Crippen LogP contribution in [0.3, 0.4) is 0 Å². The summed E-state index contributed by atoms with van der Waals surface area (Å²) in [7, 11) is 0. The summed E-state index contributed by atoms with van der Waals surface area (Å²) in [6.07, 6.45) is 0. The van der Waals surface area contributed by atoms with Crippen molar-refractivity contribution in [2.24, 2.45) is 0 Å². The average molecular weight is 717 g/mol. The molecule has 3 aromatic heterocycles. The van der Waals surface area contributed by atoms with Gasteiger partial charge in [-0.15, -0.1) is 0 Å².